The number of carbonyl (C=O) groups is 1. The van der Waals surface area contributed by atoms with E-state index in [2.05, 4.69) is 25.2 Å². The fourth-order valence-corrected chi connectivity index (χ4v) is 3.32. The summed E-state index contributed by atoms with van der Waals surface area (Å²) in [5, 5.41) is 3.73. The van der Waals surface area contributed by atoms with Crippen LogP contribution in [-0.2, 0) is 4.79 Å². The third-order valence-electron chi connectivity index (χ3n) is 4.82. The summed E-state index contributed by atoms with van der Waals surface area (Å²) in [7, 11) is 1.69. The van der Waals surface area contributed by atoms with Gasteiger partial charge in [-0.2, -0.15) is 0 Å². The number of carbonyl (C=O) groups excluding carboxylic acids is 1. The number of rotatable bonds is 8. The summed E-state index contributed by atoms with van der Waals surface area (Å²) in [5.74, 6) is 1.70. The molecule has 0 unspecified atom stereocenters. The van der Waals surface area contributed by atoms with Gasteiger partial charge in [0.05, 0.1) is 13.2 Å². The predicted molar refractivity (Wildman–Crippen MR) is 115 cm³/mol. The first-order valence-corrected chi connectivity index (χ1v) is 10.1. The maximum atomic E-state index is 12.8. The number of halogens is 1. The van der Waals surface area contributed by atoms with Gasteiger partial charge in [-0.25, -0.2) is 0 Å². The Bertz CT molecular complexity index is 802. The molecule has 1 amide bonds. The molecule has 28 heavy (non-hydrogen) atoms. The van der Waals surface area contributed by atoms with Crippen LogP contribution < -0.4 is 14.8 Å². The molecule has 0 fully saturated rings. The van der Waals surface area contributed by atoms with Crippen molar-refractivity contribution >= 4 is 17.5 Å². The van der Waals surface area contributed by atoms with Crippen molar-refractivity contribution in [2.45, 2.75) is 59.1 Å². The third-order valence-corrected chi connectivity index (χ3v) is 5.07. The van der Waals surface area contributed by atoms with Crippen LogP contribution in [0.3, 0.4) is 0 Å². The van der Waals surface area contributed by atoms with E-state index < -0.39 is 6.10 Å². The van der Waals surface area contributed by atoms with Gasteiger partial charge in [0.2, 0.25) is 0 Å². The number of hydrogen-bond acceptors (Lipinski definition) is 3. The smallest absolute Gasteiger partial charge is 0.261 e. The van der Waals surface area contributed by atoms with Gasteiger partial charge < -0.3 is 14.8 Å². The van der Waals surface area contributed by atoms with Gasteiger partial charge in [0, 0.05) is 5.02 Å². The Kier molecular flexibility index (Phi) is 7.76. The van der Waals surface area contributed by atoms with Crippen molar-refractivity contribution < 1.29 is 14.3 Å². The Morgan fingerprint density at radius 1 is 1.11 bits per heavy atom. The number of benzene rings is 2. The SMILES string of the molecule is CC[C@@H](Oc1ccc(Cl)cc1)C(=O)N[C@H](C)c1cc(C(C)C)c(OC)cc1C. The average molecular weight is 404 g/mol. The zero-order chi connectivity index (χ0) is 20.8. The molecule has 0 saturated carbocycles. The molecular weight excluding hydrogens is 374 g/mol. The van der Waals surface area contributed by atoms with Crippen LogP contribution in [0, 0.1) is 6.92 Å². The molecule has 0 aromatic heterocycles. The molecular formula is C23H30ClNO3. The van der Waals surface area contributed by atoms with Crippen molar-refractivity contribution in [1.82, 2.24) is 5.32 Å². The van der Waals surface area contributed by atoms with Gasteiger partial charge in [-0.15, -0.1) is 0 Å². The Balaban J connectivity index is 2.15. The molecule has 0 aliphatic heterocycles. The first kappa shape index (κ1) is 22.1. The Morgan fingerprint density at radius 3 is 2.29 bits per heavy atom. The molecule has 0 heterocycles. The summed E-state index contributed by atoms with van der Waals surface area (Å²) < 4.78 is 11.4. The summed E-state index contributed by atoms with van der Waals surface area (Å²) in [6, 6.07) is 11.1. The van der Waals surface area contributed by atoms with Gasteiger partial charge in [-0.1, -0.05) is 32.4 Å². The number of ether oxygens (including phenoxy) is 2. The highest BCUT2D eigenvalue weighted by molar-refractivity contribution is 6.30. The zero-order valence-electron chi connectivity index (χ0n) is 17.5. The van der Waals surface area contributed by atoms with Crippen molar-refractivity contribution in [1.29, 1.82) is 0 Å². The van der Waals surface area contributed by atoms with Crippen LogP contribution in [0.4, 0.5) is 0 Å². The molecule has 0 radical (unpaired) electrons. The van der Waals surface area contributed by atoms with E-state index in [4.69, 9.17) is 21.1 Å². The summed E-state index contributed by atoms with van der Waals surface area (Å²) in [5.41, 5.74) is 3.30. The first-order chi connectivity index (χ1) is 13.3. The van der Waals surface area contributed by atoms with Gasteiger partial charge >= 0.3 is 0 Å². The second-order valence-corrected chi connectivity index (χ2v) is 7.74. The lowest BCUT2D eigenvalue weighted by molar-refractivity contribution is -0.128. The Labute approximate surface area is 173 Å². The molecule has 152 valence electrons. The van der Waals surface area contributed by atoms with Gasteiger partial charge in [-0.3, -0.25) is 4.79 Å². The minimum absolute atomic E-state index is 0.133. The lowest BCUT2D eigenvalue weighted by atomic mass is 9.93. The summed E-state index contributed by atoms with van der Waals surface area (Å²) >= 11 is 5.91. The Hall–Kier alpha value is -2.20. The van der Waals surface area contributed by atoms with E-state index in [1.54, 1.807) is 31.4 Å². The maximum absolute atomic E-state index is 12.8. The topological polar surface area (TPSA) is 47.6 Å². The molecule has 4 nitrogen and oxygen atoms in total. The van der Waals surface area contributed by atoms with Crippen LogP contribution in [0.2, 0.25) is 5.02 Å². The summed E-state index contributed by atoms with van der Waals surface area (Å²) in [4.78, 5) is 12.8. The van der Waals surface area contributed by atoms with E-state index in [1.807, 2.05) is 26.8 Å². The van der Waals surface area contributed by atoms with E-state index in [0.29, 0.717) is 23.1 Å². The standard InChI is InChI=1S/C23H30ClNO3/c1-7-21(28-18-10-8-17(24)9-11-18)23(26)25-16(5)20-13-19(14(2)3)22(27-6)12-15(20)4/h8-14,16,21H,7H2,1-6H3,(H,25,26)/t16-,21-/m1/s1. The molecule has 0 aliphatic carbocycles. The monoisotopic (exact) mass is 403 g/mol. The van der Waals surface area contributed by atoms with E-state index in [0.717, 1.165) is 22.4 Å². The normalized spacial score (nSPS) is 13.1. The minimum Gasteiger partial charge on any atom is -0.496 e. The highest BCUT2D eigenvalue weighted by Crippen LogP contribution is 2.32. The number of amides is 1. The van der Waals surface area contributed by atoms with Crippen LogP contribution in [0.15, 0.2) is 36.4 Å². The van der Waals surface area contributed by atoms with Crippen LogP contribution in [0.5, 0.6) is 11.5 Å². The van der Waals surface area contributed by atoms with Gasteiger partial charge in [0.15, 0.2) is 6.10 Å². The quantitative estimate of drug-likeness (QED) is 0.604. The van der Waals surface area contributed by atoms with E-state index in [1.165, 1.54) is 0 Å². The fourth-order valence-electron chi connectivity index (χ4n) is 3.19. The van der Waals surface area contributed by atoms with Gasteiger partial charge in [0.25, 0.3) is 5.91 Å². The second kappa shape index (κ2) is 9.83. The molecule has 0 saturated heterocycles. The molecule has 5 heteroatoms. The molecule has 0 bridgehead atoms. The molecule has 2 aromatic carbocycles. The number of methoxy groups -OCH3 is 1. The van der Waals surface area contributed by atoms with Gasteiger partial charge in [-0.05, 0) is 79.3 Å². The largest absolute Gasteiger partial charge is 0.496 e. The van der Waals surface area contributed by atoms with Crippen LogP contribution >= 0.6 is 11.6 Å². The van der Waals surface area contributed by atoms with Crippen molar-refractivity contribution in [3.05, 3.63) is 58.1 Å². The molecule has 2 atom stereocenters. The summed E-state index contributed by atoms with van der Waals surface area (Å²) in [6.07, 6.45) is 0.00627. The molecule has 1 N–H and O–H groups in total. The van der Waals surface area contributed by atoms with Crippen molar-refractivity contribution in [2.75, 3.05) is 7.11 Å². The van der Waals surface area contributed by atoms with E-state index in [9.17, 15) is 4.79 Å². The van der Waals surface area contributed by atoms with Crippen LogP contribution in [0.1, 0.15) is 62.8 Å². The number of aryl methyl sites for hydroxylation is 1. The van der Waals surface area contributed by atoms with Crippen molar-refractivity contribution in [2.24, 2.45) is 0 Å². The molecule has 2 rings (SSSR count). The lowest BCUT2D eigenvalue weighted by Crippen LogP contribution is -2.39. The predicted octanol–water partition coefficient (Wildman–Crippen LogP) is 5.82. The van der Waals surface area contributed by atoms with Gasteiger partial charge in [0.1, 0.15) is 11.5 Å². The summed E-state index contributed by atoms with van der Waals surface area (Å²) in [6.45, 7) is 10.2. The number of nitrogens with one attached hydrogen (secondary N) is 1. The fraction of sp³-hybridized carbons (Fsp3) is 0.435. The average Bonchev–Trinajstić information content (AvgIpc) is 2.66. The first-order valence-electron chi connectivity index (χ1n) is 9.67. The Morgan fingerprint density at radius 2 is 1.75 bits per heavy atom. The highest BCUT2D eigenvalue weighted by atomic mass is 35.5. The van der Waals surface area contributed by atoms with E-state index in [-0.39, 0.29) is 11.9 Å². The van der Waals surface area contributed by atoms with Crippen molar-refractivity contribution in [3.63, 3.8) is 0 Å². The number of hydrogen-bond donors (Lipinski definition) is 1. The highest BCUT2D eigenvalue weighted by Gasteiger charge is 2.22. The third kappa shape index (κ3) is 5.41. The lowest BCUT2D eigenvalue weighted by Gasteiger charge is -2.23. The van der Waals surface area contributed by atoms with Crippen LogP contribution in [-0.4, -0.2) is 19.1 Å². The zero-order valence-corrected chi connectivity index (χ0v) is 18.3. The molecule has 0 spiro atoms. The molecule has 0 aliphatic rings. The molecule has 2 aromatic rings. The minimum atomic E-state index is -0.563. The van der Waals surface area contributed by atoms with E-state index >= 15 is 0 Å². The maximum Gasteiger partial charge on any atom is 0.261 e. The second-order valence-electron chi connectivity index (χ2n) is 7.30. The van der Waals surface area contributed by atoms with Crippen LogP contribution in [0.25, 0.3) is 0 Å². The van der Waals surface area contributed by atoms with Crippen molar-refractivity contribution in [3.8, 4) is 11.5 Å².